The molecule has 0 aliphatic heterocycles. The molecule has 1 amide bonds. The van der Waals surface area contributed by atoms with Gasteiger partial charge in [0.15, 0.2) is 0 Å². The Bertz CT molecular complexity index is 409. The lowest BCUT2D eigenvalue weighted by molar-refractivity contribution is -0.132. The van der Waals surface area contributed by atoms with Crippen molar-refractivity contribution in [1.82, 2.24) is 4.90 Å². The van der Waals surface area contributed by atoms with Gasteiger partial charge in [-0.15, -0.1) is 0 Å². The summed E-state index contributed by atoms with van der Waals surface area (Å²) in [5, 5.41) is 0. The van der Waals surface area contributed by atoms with Crippen molar-refractivity contribution in [3.05, 3.63) is 34.3 Å². The van der Waals surface area contributed by atoms with E-state index >= 15 is 0 Å². The van der Waals surface area contributed by atoms with Gasteiger partial charge in [0.25, 0.3) is 0 Å². The molecule has 0 spiro atoms. The molecule has 0 aliphatic carbocycles. The Morgan fingerprint density at radius 3 is 2.72 bits per heavy atom. The predicted octanol–water partition coefficient (Wildman–Crippen LogP) is 2.78. The number of carbonyl (C=O) groups excluding carboxylic acids is 1. The number of carbonyl (C=O) groups is 1. The van der Waals surface area contributed by atoms with Crippen molar-refractivity contribution in [2.75, 3.05) is 7.05 Å². The van der Waals surface area contributed by atoms with Crippen LogP contribution in [-0.2, 0) is 11.3 Å². The topological polar surface area (TPSA) is 46.3 Å². The zero-order valence-electron chi connectivity index (χ0n) is 11.2. The average molecular weight is 313 g/mol. The molecule has 0 saturated heterocycles. The van der Waals surface area contributed by atoms with Crippen LogP contribution < -0.4 is 5.73 Å². The molecule has 0 bridgehead atoms. The maximum absolute atomic E-state index is 12.1. The Morgan fingerprint density at radius 1 is 1.50 bits per heavy atom. The highest BCUT2D eigenvalue weighted by atomic mass is 79.9. The van der Waals surface area contributed by atoms with Crippen LogP contribution in [0.5, 0.6) is 0 Å². The second-order valence-corrected chi connectivity index (χ2v) is 5.65. The lowest BCUT2D eigenvalue weighted by Gasteiger charge is -2.24. The molecule has 2 atom stereocenters. The van der Waals surface area contributed by atoms with Gasteiger partial charge in [-0.25, -0.2) is 0 Å². The summed E-state index contributed by atoms with van der Waals surface area (Å²) >= 11 is 3.42. The van der Waals surface area contributed by atoms with E-state index in [0.29, 0.717) is 6.54 Å². The largest absolute Gasteiger partial charge is 0.340 e. The molecule has 0 fully saturated rings. The van der Waals surface area contributed by atoms with E-state index in [0.717, 1.165) is 16.5 Å². The first-order valence-corrected chi connectivity index (χ1v) is 7.00. The molecule has 0 saturated carbocycles. The number of amides is 1. The van der Waals surface area contributed by atoms with E-state index < -0.39 is 6.04 Å². The van der Waals surface area contributed by atoms with Crippen LogP contribution in [0.3, 0.4) is 0 Å². The third kappa shape index (κ3) is 4.10. The third-order valence-corrected chi connectivity index (χ3v) is 3.72. The maximum atomic E-state index is 12.1. The number of hydrogen-bond acceptors (Lipinski definition) is 2. The monoisotopic (exact) mass is 312 g/mol. The lowest BCUT2D eigenvalue weighted by Crippen LogP contribution is -2.45. The standard InChI is InChI=1S/C14H21BrN2O/c1-4-10(2)13(16)14(18)17(3)9-11-6-5-7-12(15)8-11/h5-8,10,13H,4,9,16H2,1-3H3. The van der Waals surface area contributed by atoms with E-state index in [9.17, 15) is 4.79 Å². The van der Waals surface area contributed by atoms with Crippen molar-refractivity contribution in [3.8, 4) is 0 Å². The van der Waals surface area contributed by atoms with E-state index in [-0.39, 0.29) is 11.8 Å². The van der Waals surface area contributed by atoms with Gasteiger partial charge in [0.2, 0.25) is 5.91 Å². The normalized spacial score (nSPS) is 14.1. The summed E-state index contributed by atoms with van der Waals surface area (Å²) in [7, 11) is 1.80. The number of nitrogens with two attached hydrogens (primary N) is 1. The zero-order chi connectivity index (χ0) is 13.7. The highest BCUT2D eigenvalue weighted by molar-refractivity contribution is 9.10. The zero-order valence-corrected chi connectivity index (χ0v) is 12.8. The van der Waals surface area contributed by atoms with E-state index in [4.69, 9.17) is 5.73 Å². The SMILES string of the molecule is CCC(C)C(N)C(=O)N(C)Cc1cccc(Br)c1. The molecule has 18 heavy (non-hydrogen) atoms. The molecule has 2 unspecified atom stereocenters. The minimum absolute atomic E-state index is 0.00401. The molecule has 0 heterocycles. The summed E-state index contributed by atoms with van der Waals surface area (Å²) in [6.45, 7) is 4.64. The van der Waals surface area contributed by atoms with Crippen molar-refractivity contribution in [2.45, 2.75) is 32.9 Å². The quantitative estimate of drug-likeness (QED) is 0.908. The molecule has 0 aliphatic rings. The van der Waals surface area contributed by atoms with E-state index in [1.807, 2.05) is 38.1 Å². The highest BCUT2D eigenvalue weighted by Crippen LogP contribution is 2.14. The summed E-state index contributed by atoms with van der Waals surface area (Å²) in [6.07, 6.45) is 0.914. The van der Waals surface area contributed by atoms with Crippen molar-refractivity contribution in [1.29, 1.82) is 0 Å². The van der Waals surface area contributed by atoms with Gasteiger partial charge in [-0.2, -0.15) is 0 Å². The Morgan fingerprint density at radius 2 is 2.17 bits per heavy atom. The van der Waals surface area contributed by atoms with Crippen LogP contribution in [0.25, 0.3) is 0 Å². The maximum Gasteiger partial charge on any atom is 0.239 e. The fourth-order valence-corrected chi connectivity index (χ4v) is 2.19. The summed E-state index contributed by atoms with van der Waals surface area (Å²) in [6, 6.07) is 7.54. The highest BCUT2D eigenvalue weighted by Gasteiger charge is 2.22. The molecule has 1 aromatic carbocycles. The molecule has 3 nitrogen and oxygen atoms in total. The molecule has 2 N–H and O–H groups in total. The fraction of sp³-hybridized carbons (Fsp3) is 0.500. The molecular formula is C14H21BrN2O. The Hall–Kier alpha value is -0.870. The van der Waals surface area contributed by atoms with Gasteiger partial charge >= 0.3 is 0 Å². The third-order valence-electron chi connectivity index (χ3n) is 3.23. The summed E-state index contributed by atoms with van der Waals surface area (Å²) in [5.74, 6) is 0.215. The van der Waals surface area contributed by atoms with Gasteiger partial charge in [-0.05, 0) is 23.6 Å². The van der Waals surface area contributed by atoms with Gasteiger partial charge in [-0.1, -0.05) is 48.3 Å². The number of halogens is 1. The number of benzene rings is 1. The smallest absolute Gasteiger partial charge is 0.239 e. The molecule has 4 heteroatoms. The number of likely N-dealkylation sites (N-methyl/N-ethyl adjacent to an activating group) is 1. The second kappa shape index (κ2) is 6.90. The van der Waals surface area contributed by atoms with Crippen LogP contribution >= 0.6 is 15.9 Å². The minimum Gasteiger partial charge on any atom is -0.340 e. The van der Waals surface area contributed by atoms with Crippen LogP contribution in [-0.4, -0.2) is 23.9 Å². The first kappa shape index (κ1) is 15.2. The average Bonchev–Trinajstić information content (AvgIpc) is 2.36. The van der Waals surface area contributed by atoms with Gasteiger partial charge in [-0.3, -0.25) is 4.79 Å². The van der Waals surface area contributed by atoms with Crippen LogP contribution in [0.4, 0.5) is 0 Å². The first-order chi connectivity index (χ1) is 8.45. The predicted molar refractivity (Wildman–Crippen MR) is 78.0 cm³/mol. The lowest BCUT2D eigenvalue weighted by atomic mass is 9.99. The van der Waals surface area contributed by atoms with Crippen LogP contribution in [0, 0.1) is 5.92 Å². The van der Waals surface area contributed by atoms with Crippen LogP contribution in [0.15, 0.2) is 28.7 Å². The molecule has 0 aromatic heterocycles. The van der Waals surface area contributed by atoms with Gasteiger partial charge in [0.05, 0.1) is 6.04 Å². The molecule has 1 rings (SSSR count). The minimum atomic E-state index is -0.410. The Kier molecular flexibility index (Phi) is 5.82. The van der Waals surface area contributed by atoms with E-state index in [1.54, 1.807) is 11.9 Å². The molecule has 100 valence electrons. The summed E-state index contributed by atoms with van der Waals surface area (Å²) in [5.41, 5.74) is 7.05. The molecular weight excluding hydrogens is 292 g/mol. The van der Waals surface area contributed by atoms with Crippen LogP contribution in [0.1, 0.15) is 25.8 Å². The van der Waals surface area contributed by atoms with Gasteiger partial charge in [0.1, 0.15) is 0 Å². The van der Waals surface area contributed by atoms with E-state index in [1.165, 1.54) is 0 Å². The Balaban J connectivity index is 2.65. The number of nitrogens with zero attached hydrogens (tertiary/aromatic N) is 1. The van der Waals surface area contributed by atoms with Crippen LogP contribution in [0.2, 0.25) is 0 Å². The summed E-state index contributed by atoms with van der Waals surface area (Å²) in [4.78, 5) is 13.8. The molecule has 0 radical (unpaired) electrons. The fourth-order valence-electron chi connectivity index (χ4n) is 1.74. The first-order valence-electron chi connectivity index (χ1n) is 6.20. The van der Waals surface area contributed by atoms with Gasteiger partial charge in [0, 0.05) is 18.1 Å². The number of rotatable bonds is 5. The van der Waals surface area contributed by atoms with Crippen molar-refractivity contribution in [3.63, 3.8) is 0 Å². The van der Waals surface area contributed by atoms with Crippen molar-refractivity contribution in [2.24, 2.45) is 11.7 Å². The number of hydrogen-bond donors (Lipinski definition) is 1. The van der Waals surface area contributed by atoms with E-state index in [2.05, 4.69) is 15.9 Å². The summed E-state index contributed by atoms with van der Waals surface area (Å²) < 4.78 is 1.02. The van der Waals surface area contributed by atoms with Crippen molar-refractivity contribution >= 4 is 21.8 Å². The van der Waals surface area contributed by atoms with Crippen molar-refractivity contribution < 1.29 is 4.79 Å². The van der Waals surface area contributed by atoms with Gasteiger partial charge < -0.3 is 10.6 Å². The molecule has 1 aromatic rings. The Labute approximate surface area is 117 Å². The second-order valence-electron chi connectivity index (χ2n) is 4.74.